The van der Waals surface area contributed by atoms with Crippen LogP contribution >= 0.6 is 0 Å². The standard InChI is InChI=1S/C18H15N3O4/c1-3-21-15-14(16(22)20-18(21)24)12(10-6-4-9(2)5-7-10)13-11(19-15)8-25-17(13)23/h4-7H,3,8H2,1-2H3,(H,20,22,24). The fraction of sp³-hybridized carbons (Fsp3) is 0.222. The number of aromatic nitrogens is 3. The molecule has 1 aliphatic rings. The van der Waals surface area contributed by atoms with Crippen molar-refractivity contribution >= 4 is 17.0 Å². The molecule has 0 fully saturated rings. The van der Waals surface area contributed by atoms with Crippen LogP contribution in [0.15, 0.2) is 33.9 Å². The number of pyridine rings is 1. The van der Waals surface area contributed by atoms with E-state index in [9.17, 15) is 14.4 Å². The highest BCUT2D eigenvalue weighted by atomic mass is 16.5. The maximum absolute atomic E-state index is 12.6. The number of carbonyl (C=O) groups excluding carboxylic acids is 1. The number of rotatable bonds is 2. The number of H-pyrrole nitrogens is 1. The maximum atomic E-state index is 12.6. The number of nitrogens with zero attached hydrogens (tertiary/aromatic N) is 2. The molecule has 4 rings (SSSR count). The van der Waals surface area contributed by atoms with Crippen LogP contribution in [-0.4, -0.2) is 20.5 Å². The molecule has 3 aromatic rings. The minimum absolute atomic E-state index is 0.0354. The number of hydrogen-bond donors (Lipinski definition) is 1. The van der Waals surface area contributed by atoms with E-state index in [0.29, 0.717) is 28.9 Å². The Hall–Kier alpha value is -3.22. The molecule has 1 aliphatic heterocycles. The SMILES string of the molecule is CCn1c(=O)[nH]c(=O)c2c(-c3ccc(C)cc3)c3c(nc21)COC3=O. The Balaban J connectivity index is 2.25. The highest BCUT2D eigenvalue weighted by Crippen LogP contribution is 2.34. The molecule has 0 amide bonds. The van der Waals surface area contributed by atoms with Crippen LogP contribution in [0.3, 0.4) is 0 Å². The van der Waals surface area contributed by atoms with Crippen molar-refractivity contribution in [2.24, 2.45) is 0 Å². The summed E-state index contributed by atoms with van der Waals surface area (Å²) in [4.78, 5) is 43.7. The Morgan fingerprint density at radius 3 is 2.56 bits per heavy atom. The second-order valence-corrected chi connectivity index (χ2v) is 5.95. The zero-order valence-electron chi connectivity index (χ0n) is 13.8. The van der Waals surface area contributed by atoms with Gasteiger partial charge in [0, 0.05) is 12.1 Å². The van der Waals surface area contributed by atoms with Gasteiger partial charge in [0.1, 0.15) is 6.61 Å². The quantitative estimate of drug-likeness (QED) is 0.719. The van der Waals surface area contributed by atoms with Crippen LogP contribution in [0.4, 0.5) is 0 Å². The summed E-state index contributed by atoms with van der Waals surface area (Å²) in [6, 6.07) is 7.49. The first-order valence-corrected chi connectivity index (χ1v) is 7.95. The summed E-state index contributed by atoms with van der Waals surface area (Å²) in [5, 5.41) is 0.225. The van der Waals surface area contributed by atoms with Crippen molar-refractivity contribution in [1.29, 1.82) is 0 Å². The van der Waals surface area contributed by atoms with Crippen molar-refractivity contribution in [2.75, 3.05) is 0 Å². The molecule has 1 aromatic carbocycles. The number of fused-ring (bicyclic) bond motifs is 2. The average molecular weight is 337 g/mol. The molecule has 126 valence electrons. The lowest BCUT2D eigenvalue weighted by atomic mass is 9.96. The van der Waals surface area contributed by atoms with E-state index in [1.165, 1.54) is 4.57 Å². The zero-order chi connectivity index (χ0) is 17.7. The predicted octanol–water partition coefficient (Wildman–Crippen LogP) is 1.75. The first kappa shape index (κ1) is 15.3. The van der Waals surface area contributed by atoms with Gasteiger partial charge in [-0.05, 0) is 19.4 Å². The first-order valence-electron chi connectivity index (χ1n) is 7.95. The van der Waals surface area contributed by atoms with Crippen LogP contribution in [0.2, 0.25) is 0 Å². The van der Waals surface area contributed by atoms with Crippen molar-refractivity contribution < 1.29 is 9.53 Å². The van der Waals surface area contributed by atoms with Crippen LogP contribution in [-0.2, 0) is 17.9 Å². The lowest BCUT2D eigenvalue weighted by Crippen LogP contribution is -2.31. The molecule has 0 saturated heterocycles. The smallest absolute Gasteiger partial charge is 0.341 e. The molecule has 0 unspecified atom stereocenters. The van der Waals surface area contributed by atoms with E-state index in [2.05, 4.69) is 9.97 Å². The number of carbonyl (C=O) groups is 1. The highest BCUT2D eigenvalue weighted by Gasteiger charge is 2.31. The molecule has 2 aromatic heterocycles. The molecule has 0 atom stereocenters. The van der Waals surface area contributed by atoms with Gasteiger partial charge in [0.15, 0.2) is 5.65 Å². The molecule has 0 spiro atoms. The molecule has 0 aliphatic carbocycles. The van der Waals surface area contributed by atoms with Crippen molar-refractivity contribution in [1.82, 2.24) is 14.5 Å². The van der Waals surface area contributed by atoms with Crippen LogP contribution in [0.1, 0.15) is 28.5 Å². The number of nitrogens with one attached hydrogen (secondary N) is 1. The number of aryl methyl sites for hydroxylation is 2. The largest absolute Gasteiger partial charge is 0.455 e. The lowest BCUT2D eigenvalue weighted by molar-refractivity contribution is 0.0534. The summed E-state index contributed by atoms with van der Waals surface area (Å²) in [5.41, 5.74) is 2.15. The number of esters is 1. The molecule has 7 nitrogen and oxygen atoms in total. The summed E-state index contributed by atoms with van der Waals surface area (Å²) < 4.78 is 6.51. The molecule has 7 heteroatoms. The number of aromatic amines is 1. The molecule has 1 N–H and O–H groups in total. The third kappa shape index (κ3) is 2.20. The zero-order valence-corrected chi connectivity index (χ0v) is 13.8. The summed E-state index contributed by atoms with van der Waals surface area (Å²) in [6.45, 7) is 4.13. The van der Waals surface area contributed by atoms with Crippen molar-refractivity contribution in [3.63, 3.8) is 0 Å². The van der Waals surface area contributed by atoms with E-state index in [0.717, 1.165) is 5.56 Å². The number of ether oxygens (including phenoxy) is 1. The summed E-state index contributed by atoms with van der Waals surface area (Å²) >= 11 is 0. The second-order valence-electron chi connectivity index (χ2n) is 5.95. The number of hydrogen-bond acceptors (Lipinski definition) is 5. The van der Waals surface area contributed by atoms with E-state index in [1.54, 1.807) is 6.92 Å². The summed E-state index contributed by atoms with van der Waals surface area (Å²) in [6.07, 6.45) is 0. The van der Waals surface area contributed by atoms with Crippen LogP contribution in [0, 0.1) is 6.92 Å². The first-order chi connectivity index (χ1) is 12.0. The monoisotopic (exact) mass is 337 g/mol. The fourth-order valence-corrected chi connectivity index (χ4v) is 3.19. The minimum Gasteiger partial charge on any atom is -0.455 e. The Bertz CT molecular complexity index is 1140. The van der Waals surface area contributed by atoms with Crippen molar-refractivity contribution in [3.05, 3.63) is 61.9 Å². The van der Waals surface area contributed by atoms with Crippen LogP contribution in [0.5, 0.6) is 0 Å². The van der Waals surface area contributed by atoms with Gasteiger partial charge in [0.2, 0.25) is 0 Å². The number of benzene rings is 1. The van der Waals surface area contributed by atoms with Gasteiger partial charge in [-0.25, -0.2) is 14.6 Å². The van der Waals surface area contributed by atoms with E-state index >= 15 is 0 Å². The molecule has 3 heterocycles. The third-order valence-corrected chi connectivity index (χ3v) is 4.40. The topological polar surface area (TPSA) is 94.1 Å². The van der Waals surface area contributed by atoms with E-state index in [4.69, 9.17) is 4.74 Å². The Morgan fingerprint density at radius 1 is 1.16 bits per heavy atom. The van der Waals surface area contributed by atoms with Gasteiger partial charge in [0.25, 0.3) is 5.56 Å². The lowest BCUT2D eigenvalue weighted by Gasteiger charge is -2.13. The van der Waals surface area contributed by atoms with E-state index < -0.39 is 17.2 Å². The van der Waals surface area contributed by atoms with Gasteiger partial charge in [-0.1, -0.05) is 29.8 Å². The van der Waals surface area contributed by atoms with Gasteiger partial charge in [-0.15, -0.1) is 0 Å². The molecule has 0 bridgehead atoms. The van der Waals surface area contributed by atoms with Crippen molar-refractivity contribution in [3.8, 4) is 11.1 Å². The minimum atomic E-state index is -0.560. The van der Waals surface area contributed by atoms with Gasteiger partial charge in [-0.2, -0.15) is 0 Å². The summed E-state index contributed by atoms with van der Waals surface area (Å²) in [5.74, 6) is -0.506. The fourth-order valence-electron chi connectivity index (χ4n) is 3.19. The molecule has 25 heavy (non-hydrogen) atoms. The second kappa shape index (κ2) is 5.41. The molecule has 0 radical (unpaired) electrons. The normalized spacial score (nSPS) is 13.1. The van der Waals surface area contributed by atoms with E-state index in [-0.39, 0.29) is 17.6 Å². The molecule has 0 saturated carbocycles. The van der Waals surface area contributed by atoms with Gasteiger partial charge >= 0.3 is 11.7 Å². The predicted molar refractivity (Wildman–Crippen MR) is 91.6 cm³/mol. The average Bonchev–Trinajstić information content (AvgIpc) is 2.95. The highest BCUT2D eigenvalue weighted by molar-refractivity contribution is 6.08. The molecular weight excluding hydrogens is 322 g/mol. The van der Waals surface area contributed by atoms with Gasteiger partial charge < -0.3 is 4.74 Å². The Kier molecular flexibility index (Phi) is 3.31. The van der Waals surface area contributed by atoms with Gasteiger partial charge in [-0.3, -0.25) is 14.3 Å². The maximum Gasteiger partial charge on any atom is 0.341 e. The van der Waals surface area contributed by atoms with Gasteiger partial charge in [0.05, 0.1) is 16.6 Å². The Labute approximate surface area is 141 Å². The van der Waals surface area contributed by atoms with E-state index in [1.807, 2.05) is 31.2 Å². The third-order valence-electron chi connectivity index (χ3n) is 4.40. The number of cyclic esters (lactones) is 1. The van der Waals surface area contributed by atoms with Crippen LogP contribution in [0.25, 0.3) is 22.2 Å². The Morgan fingerprint density at radius 2 is 1.88 bits per heavy atom. The molecular formula is C18H15N3O4. The van der Waals surface area contributed by atoms with Crippen LogP contribution < -0.4 is 11.2 Å². The summed E-state index contributed by atoms with van der Waals surface area (Å²) in [7, 11) is 0. The van der Waals surface area contributed by atoms with Crippen molar-refractivity contribution in [2.45, 2.75) is 27.0 Å².